The Labute approximate surface area is 194 Å². The zero-order chi connectivity index (χ0) is 22.9. The Balaban J connectivity index is 1.32. The van der Waals surface area contributed by atoms with Crippen molar-refractivity contribution in [3.8, 4) is 11.3 Å². The first-order valence-corrected chi connectivity index (χ1v) is 11.3. The number of carbonyl (C=O) groups excluding carboxylic acids is 3. The number of imide groups is 1. The number of thiazole rings is 1. The molecule has 4 aromatic rings. The highest BCUT2D eigenvalue weighted by atomic mass is 32.1. The van der Waals surface area contributed by atoms with Crippen LogP contribution in [0.25, 0.3) is 11.3 Å². The smallest absolute Gasteiger partial charge is 0.261 e. The van der Waals surface area contributed by atoms with Crippen LogP contribution in [0.1, 0.15) is 41.6 Å². The quantitative estimate of drug-likeness (QED) is 0.423. The number of carbonyl (C=O) groups is 3. The van der Waals surface area contributed by atoms with Crippen LogP contribution in [-0.4, -0.2) is 27.6 Å². The Bertz CT molecular complexity index is 1380. The van der Waals surface area contributed by atoms with Crippen molar-refractivity contribution >= 4 is 34.7 Å². The molecule has 0 radical (unpaired) electrons. The van der Waals surface area contributed by atoms with E-state index in [9.17, 15) is 14.4 Å². The van der Waals surface area contributed by atoms with Gasteiger partial charge in [-0.05, 0) is 42.8 Å². The molecule has 0 fully saturated rings. The summed E-state index contributed by atoms with van der Waals surface area (Å²) in [6.45, 7) is 2.15. The van der Waals surface area contributed by atoms with Crippen LogP contribution < -0.4 is 5.32 Å². The van der Waals surface area contributed by atoms with E-state index in [4.69, 9.17) is 0 Å². The van der Waals surface area contributed by atoms with Gasteiger partial charge in [-0.15, -0.1) is 11.3 Å². The summed E-state index contributed by atoms with van der Waals surface area (Å²) in [5.74, 6) is -1.09. The number of rotatable bonds is 5. The first-order chi connectivity index (χ1) is 16.0. The molecule has 1 aliphatic heterocycles. The second-order valence-electron chi connectivity index (χ2n) is 7.73. The lowest BCUT2D eigenvalue weighted by atomic mass is 10.1. The molecule has 3 aromatic carbocycles. The summed E-state index contributed by atoms with van der Waals surface area (Å²) in [4.78, 5) is 44.1. The molecule has 0 unspecified atom stereocenters. The standard InChI is InChI=1S/C26H19N3O3S/c1-16-27-23(15-33-16)18-7-10-20(11-8-18)28-24(30)19-9-12-21-22(13-19)26(32)29(25(21)31)14-17-5-3-2-4-6-17/h2-13,15H,14H2,1H3,(H,28,30). The van der Waals surface area contributed by atoms with Gasteiger partial charge in [-0.1, -0.05) is 42.5 Å². The van der Waals surface area contributed by atoms with Crippen molar-refractivity contribution in [3.63, 3.8) is 0 Å². The van der Waals surface area contributed by atoms with Gasteiger partial charge in [0, 0.05) is 22.2 Å². The second-order valence-corrected chi connectivity index (χ2v) is 8.79. The fourth-order valence-electron chi connectivity index (χ4n) is 3.77. The van der Waals surface area contributed by atoms with Crippen molar-refractivity contribution in [2.75, 3.05) is 5.32 Å². The normalized spacial score (nSPS) is 12.7. The van der Waals surface area contributed by atoms with E-state index >= 15 is 0 Å². The van der Waals surface area contributed by atoms with Crippen molar-refractivity contribution < 1.29 is 14.4 Å². The van der Waals surface area contributed by atoms with Crippen LogP contribution in [-0.2, 0) is 6.54 Å². The van der Waals surface area contributed by atoms with Crippen molar-refractivity contribution in [1.29, 1.82) is 0 Å². The highest BCUT2D eigenvalue weighted by molar-refractivity contribution is 7.09. The SMILES string of the molecule is Cc1nc(-c2ccc(NC(=O)c3ccc4c(c3)C(=O)N(Cc3ccccc3)C4=O)cc2)cs1. The third-order valence-corrected chi connectivity index (χ3v) is 6.25. The van der Waals surface area contributed by atoms with E-state index in [2.05, 4.69) is 10.3 Å². The van der Waals surface area contributed by atoms with E-state index in [0.29, 0.717) is 16.8 Å². The Hall–Kier alpha value is -4.10. The number of anilines is 1. The predicted molar refractivity (Wildman–Crippen MR) is 127 cm³/mol. The van der Waals surface area contributed by atoms with Gasteiger partial charge in [0.15, 0.2) is 0 Å². The molecule has 162 valence electrons. The molecule has 1 N–H and O–H groups in total. The number of benzene rings is 3. The second kappa shape index (κ2) is 8.44. The van der Waals surface area contributed by atoms with Gasteiger partial charge in [0.2, 0.25) is 0 Å². The van der Waals surface area contributed by atoms with Crippen LogP contribution in [0, 0.1) is 6.92 Å². The van der Waals surface area contributed by atoms with Gasteiger partial charge in [-0.25, -0.2) is 4.98 Å². The molecule has 1 aromatic heterocycles. The van der Waals surface area contributed by atoms with E-state index in [0.717, 1.165) is 21.8 Å². The number of aryl methyl sites for hydroxylation is 1. The highest BCUT2D eigenvalue weighted by Crippen LogP contribution is 2.27. The molecule has 0 spiro atoms. The molecule has 33 heavy (non-hydrogen) atoms. The Kier molecular flexibility index (Phi) is 5.32. The molecule has 1 aliphatic rings. The molecule has 0 atom stereocenters. The first kappa shape index (κ1) is 20.8. The number of amides is 3. The summed E-state index contributed by atoms with van der Waals surface area (Å²) in [5.41, 5.74) is 4.24. The average molecular weight is 454 g/mol. The minimum atomic E-state index is -0.392. The summed E-state index contributed by atoms with van der Waals surface area (Å²) < 4.78 is 0. The summed E-state index contributed by atoms with van der Waals surface area (Å²) in [6, 6.07) is 21.4. The zero-order valence-electron chi connectivity index (χ0n) is 17.7. The number of hydrogen-bond donors (Lipinski definition) is 1. The molecule has 2 heterocycles. The van der Waals surface area contributed by atoms with Crippen LogP contribution in [0.15, 0.2) is 78.2 Å². The van der Waals surface area contributed by atoms with Gasteiger partial charge in [-0.3, -0.25) is 19.3 Å². The third-order valence-electron chi connectivity index (χ3n) is 5.47. The molecule has 0 aliphatic carbocycles. The predicted octanol–water partition coefficient (Wildman–Crippen LogP) is 5.17. The fourth-order valence-corrected chi connectivity index (χ4v) is 4.39. The summed E-state index contributed by atoms with van der Waals surface area (Å²) in [7, 11) is 0. The molecule has 6 nitrogen and oxygen atoms in total. The number of aromatic nitrogens is 1. The van der Waals surface area contributed by atoms with E-state index < -0.39 is 5.91 Å². The number of fused-ring (bicyclic) bond motifs is 1. The van der Waals surface area contributed by atoms with Crippen LogP contribution in [0.4, 0.5) is 5.69 Å². The fraction of sp³-hybridized carbons (Fsp3) is 0.0769. The Morgan fingerprint density at radius 2 is 1.67 bits per heavy atom. The van der Waals surface area contributed by atoms with Crippen LogP contribution in [0.3, 0.4) is 0 Å². The lowest BCUT2D eigenvalue weighted by molar-refractivity contribution is 0.0642. The highest BCUT2D eigenvalue weighted by Gasteiger charge is 2.36. The molecule has 0 saturated carbocycles. The topological polar surface area (TPSA) is 79.4 Å². The van der Waals surface area contributed by atoms with E-state index in [1.165, 1.54) is 11.0 Å². The zero-order valence-corrected chi connectivity index (χ0v) is 18.6. The maximum Gasteiger partial charge on any atom is 0.261 e. The van der Waals surface area contributed by atoms with E-state index in [1.807, 2.05) is 66.9 Å². The minimum Gasteiger partial charge on any atom is -0.322 e. The summed E-state index contributed by atoms with van der Waals surface area (Å²) in [5, 5.41) is 5.83. The maximum absolute atomic E-state index is 12.9. The number of nitrogens with one attached hydrogen (secondary N) is 1. The Morgan fingerprint density at radius 3 is 2.36 bits per heavy atom. The minimum absolute atomic E-state index is 0.194. The van der Waals surface area contributed by atoms with Crippen LogP contribution in [0.5, 0.6) is 0 Å². The molecule has 0 saturated heterocycles. The lowest BCUT2D eigenvalue weighted by Crippen LogP contribution is -2.29. The molecular weight excluding hydrogens is 434 g/mol. The van der Waals surface area contributed by atoms with E-state index in [1.54, 1.807) is 23.5 Å². The molecule has 3 amide bonds. The van der Waals surface area contributed by atoms with Crippen LogP contribution in [0.2, 0.25) is 0 Å². The van der Waals surface area contributed by atoms with Gasteiger partial charge in [0.05, 0.1) is 28.4 Å². The van der Waals surface area contributed by atoms with Gasteiger partial charge in [0.25, 0.3) is 17.7 Å². The summed E-state index contributed by atoms with van der Waals surface area (Å²) >= 11 is 1.59. The van der Waals surface area contributed by atoms with Gasteiger partial charge < -0.3 is 5.32 Å². The summed E-state index contributed by atoms with van der Waals surface area (Å²) in [6.07, 6.45) is 0. The average Bonchev–Trinajstić information content (AvgIpc) is 3.37. The Morgan fingerprint density at radius 1 is 0.939 bits per heavy atom. The molecule has 5 rings (SSSR count). The number of hydrogen-bond acceptors (Lipinski definition) is 5. The molecule has 7 heteroatoms. The third kappa shape index (κ3) is 4.06. The largest absolute Gasteiger partial charge is 0.322 e. The van der Waals surface area contributed by atoms with Gasteiger partial charge >= 0.3 is 0 Å². The van der Waals surface area contributed by atoms with E-state index in [-0.39, 0.29) is 23.9 Å². The molecule has 0 bridgehead atoms. The lowest BCUT2D eigenvalue weighted by Gasteiger charge is -2.13. The first-order valence-electron chi connectivity index (χ1n) is 10.4. The van der Waals surface area contributed by atoms with Crippen molar-refractivity contribution in [2.24, 2.45) is 0 Å². The maximum atomic E-state index is 12.9. The monoisotopic (exact) mass is 453 g/mol. The molecular formula is C26H19N3O3S. The van der Waals surface area contributed by atoms with Crippen molar-refractivity contribution in [1.82, 2.24) is 9.88 Å². The van der Waals surface area contributed by atoms with Crippen molar-refractivity contribution in [3.05, 3.63) is 105 Å². The number of nitrogens with zero attached hydrogens (tertiary/aromatic N) is 2. The van der Waals surface area contributed by atoms with Gasteiger partial charge in [-0.2, -0.15) is 0 Å². The van der Waals surface area contributed by atoms with Gasteiger partial charge in [0.1, 0.15) is 0 Å². The van der Waals surface area contributed by atoms with Crippen molar-refractivity contribution in [2.45, 2.75) is 13.5 Å². The van der Waals surface area contributed by atoms with Crippen LogP contribution >= 0.6 is 11.3 Å².